The van der Waals surface area contributed by atoms with Crippen molar-refractivity contribution in [2.45, 2.75) is 46.2 Å². The van der Waals surface area contributed by atoms with Gasteiger partial charge in [-0.1, -0.05) is 50.6 Å². The highest BCUT2D eigenvalue weighted by atomic mass is 127. The molecule has 0 saturated heterocycles. The summed E-state index contributed by atoms with van der Waals surface area (Å²) >= 11 is 0. The van der Waals surface area contributed by atoms with E-state index in [1.807, 2.05) is 6.07 Å². The number of guanidine groups is 1. The summed E-state index contributed by atoms with van der Waals surface area (Å²) in [5.41, 5.74) is 1.22. The van der Waals surface area contributed by atoms with E-state index in [9.17, 15) is 0 Å². The minimum Gasteiger partial charge on any atom is -0.354 e. The predicted molar refractivity (Wildman–Crippen MR) is 118 cm³/mol. The second kappa shape index (κ2) is 12.7. The Hall–Kier alpha value is -1.64. The number of aryl methyl sites for hydroxylation is 1. The summed E-state index contributed by atoms with van der Waals surface area (Å²) in [4.78, 5) is 7.01. The molecule has 2 rings (SSSR count). The van der Waals surface area contributed by atoms with E-state index in [1.165, 1.54) is 12.0 Å². The lowest BCUT2D eigenvalue weighted by Gasteiger charge is -2.22. The maximum atomic E-state index is 4.80. The number of benzene rings is 1. The fourth-order valence-corrected chi connectivity index (χ4v) is 2.59. The highest BCUT2D eigenvalue weighted by Crippen LogP contribution is 2.02. The number of aromatic nitrogens is 3. The number of nitrogens with zero attached hydrogens (tertiary/aromatic N) is 5. The highest BCUT2D eigenvalue weighted by molar-refractivity contribution is 14.0. The molecule has 1 heterocycles. The Morgan fingerprint density at radius 3 is 2.69 bits per heavy atom. The minimum absolute atomic E-state index is 0. The van der Waals surface area contributed by atoms with Gasteiger partial charge in [0.1, 0.15) is 12.2 Å². The van der Waals surface area contributed by atoms with Gasteiger partial charge in [-0.15, -0.1) is 34.2 Å². The minimum atomic E-state index is 0. The van der Waals surface area contributed by atoms with Crippen LogP contribution in [0.3, 0.4) is 0 Å². The monoisotopic (exact) mass is 470 g/mol. The molecule has 2 aromatic rings. The first kappa shape index (κ1) is 22.4. The SMILES string of the molecule is CCCCN(C)C(=NCc1ccccc1)NCCn1cnnc1CC.I. The molecule has 7 heteroatoms. The van der Waals surface area contributed by atoms with E-state index in [4.69, 9.17) is 4.99 Å². The number of rotatable bonds is 9. The maximum absolute atomic E-state index is 4.80. The zero-order chi connectivity index (χ0) is 17.9. The van der Waals surface area contributed by atoms with Crippen molar-refractivity contribution in [2.24, 2.45) is 4.99 Å². The first-order valence-corrected chi connectivity index (χ1v) is 9.14. The maximum Gasteiger partial charge on any atom is 0.194 e. The smallest absolute Gasteiger partial charge is 0.194 e. The standard InChI is InChI=1S/C19H30N6.HI/c1-4-6-13-24(3)19(21-15-17-10-8-7-9-11-17)20-12-14-25-16-22-23-18(25)5-2;/h7-11,16H,4-6,12-15H2,1-3H3,(H,20,21);1H. The average Bonchev–Trinajstić information content (AvgIpc) is 3.10. The number of hydrogen-bond donors (Lipinski definition) is 1. The largest absolute Gasteiger partial charge is 0.354 e. The van der Waals surface area contributed by atoms with Crippen molar-refractivity contribution >= 4 is 29.9 Å². The van der Waals surface area contributed by atoms with E-state index in [1.54, 1.807) is 6.33 Å². The van der Waals surface area contributed by atoms with Gasteiger partial charge >= 0.3 is 0 Å². The van der Waals surface area contributed by atoms with Crippen molar-refractivity contribution in [3.8, 4) is 0 Å². The van der Waals surface area contributed by atoms with E-state index < -0.39 is 0 Å². The summed E-state index contributed by atoms with van der Waals surface area (Å²) in [5, 5.41) is 11.6. The van der Waals surface area contributed by atoms with Crippen molar-refractivity contribution in [3.63, 3.8) is 0 Å². The van der Waals surface area contributed by atoms with Gasteiger partial charge in [-0.05, 0) is 12.0 Å². The number of nitrogens with one attached hydrogen (secondary N) is 1. The topological polar surface area (TPSA) is 58.3 Å². The summed E-state index contributed by atoms with van der Waals surface area (Å²) in [6.45, 7) is 7.63. The fourth-order valence-electron chi connectivity index (χ4n) is 2.59. The molecular weight excluding hydrogens is 439 g/mol. The van der Waals surface area contributed by atoms with Crippen molar-refractivity contribution in [2.75, 3.05) is 20.1 Å². The molecule has 0 spiro atoms. The Morgan fingerprint density at radius 2 is 2.00 bits per heavy atom. The lowest BCUT2D eigenvalue weighted by Crippen LogP contribution is -2.41. The molecule has 6 nitrogen and oxygen atoms in total. The molecule has 0 aliphatic carbocycles. The molecule has 1 aromatic heterocycles. The van der Waals surface area contributed by atoms with Gasteiger partial charge in [0.05, 0.1) is 6.54 Å². The van der Waals surface area contributed by atoms with Gasteiger partial charge in [0, 0.05) is 33.1 Å². The first-order chi connectivity index (χ1) is 12.2. The van der Waals surface area contributed by atoms with Gasteiger partial charge in [-0.2, -0.15) is 0 Å². The molecule has 0 atom stereocenters. The molecule has 0 bridgehead atoms. The van der Waals surface area contributed by atoms with E-state index >= 15 is 0 Å². The molecule has 144 valence electrons. The summed E-state index contributed by atoms with van der Waals surface area (Å²) in [6, 6.07) is 10.4. The van der Waals surface area contributed by atoms with Crippen molar-refractivity contribution < 1.29 is 0 Å². The van der Waals surface area contributed by atoms with Gasteiger partial charge in [-0.3, -0.25) is 0 Å². The van der Waals surface area contributed by atoms with Gasteiger partial charge in [-0.25, -0.2) is 4.99 Å². The molecule has 0 aliphatic heterocycles. The molecule has 26 heavy (non-hydrogen) atoms. The third-order valence-electron chi connectivity index (χ3n) is 4.11. The molecule has 0 unspecified atom stereocenters. The Balaban J connectivity index is 0.00000338. The van der Waals surface area contributed by atoms with Crippen LogP contribution in [0.5, 0.6) is 0 Å². The van der Waals surface area contributed by atoms with E-state index in [0.29, 0.717) is 6.54 Å². The number of aliphatic imine (C=N–C) groups is 1. The van der Waals surface area contributed by atoms with Crippen molar-refractivity contribution in [3.05, 3.63) is 48.0 Å². The van der Waals surface area contributed by atoms with E-state index in [-0.39, 0.29) is 24.0 Å². The Labute approximate surface area is 174 Å². The molecule has 1 N–H and O–H groups in total. The van der Waals surface area contributed by atoms with Crippen LogP contribution < -0.4 is 5.32 Å². The normalized spacial score (nSPS) is 11.1. The third-order valence-corrected chi connectivity index (χ3v) is 4.11. The zero-order valence-electron chi connectivity index (χ0n) is 16.1. The van der Waals surface area contributed by atoms with E-state index in [2.05, 4.69) is 70.1 Å². The fraction of sp³-hybridized carbons (Fsp3) is 0.526. The van der Waals surface area contributed by atoms with E-state index in [0.717, 1.165) is 44.3 Å². The molecule has 0 amide bonds. The molecular formula is C19H31IN6. The highest BCUT2D eigenvalue weighted by Gasteiger charge is 2.07. The van der Waals surface area contributed by atoms with Crippen LogP contribution >= 0.6 is 24.0 Å². The first-order valence-electron chi connectivity index (χ1n) is 9.14. The summed E-state index contributed by atoms with van der Waals surface area (Å²) < 4.78 is 2.09. The summed E-state index contributed by atoms with van der Waals surface area (Å²) in [5.74, 6) is 1.97. The Kier molecular flexibility index (Phi) is 10.9. The van der Waals surface area contributed by atoms with Crippen LogP contribution in [0, 0.1) is 0 Å². The molecule has 0 fully saturated rings. The predicted octanol–water partition coefficient (Wildman–Crippen LogP) is 3.34. The van der Waals surface area contributed by atoms with Gasteiger partial charge in [0.15, 0.2) is 5.96 Å². The van der Waals surface area contributed by atoms with Gasteiger partial charge in [0.2, 0.25) is 0 Å². The van der Waals surface area contributed by atoms with Crippen LogP contribution in [-0.2, 0) is 19.5 Å². The summed E-state index contributed by atoms with van der Waals surface area (Å²) in [6.07, 6.45) is 5.03. The second-order valence-corrected chi connectivity index (χ2v) is 6.12. The number of unbranched alkanes of at least 4 members (excludes halogenated alkanes) is 1. The van der Waals surface area contributed by atoms with Crippen LogP contribution in [0.4, 0.5) is 0 Å². The Morgan fingerprint density at radius 1 is 1.23 bits per heavy atom. The van der Waals surface area contributed by atoms with Crippen LogP contribution in [0.15, 0.2) is 41.7 Å². The van der Waals surface area contributed by atoms with Crippen molar-refractivity contribution in [1.29, 1.82) is 0 Å². The lowest BCUT2D eigenvalue weighted by molar-refractivity contribution is 0.459. The van der Waals surface area contributed by atoms with Crippen molar-refractivity contribution in [1.82, 2.24) is 25.0 Å². The van der Waals surface area contributed by atoms with Gasteiger partial charge in [0.25, 0.3) is 0 Å². The average molecular weight is 470 g/mol. The van der Waals surface area contributed by atoms with Gasteiger partial charge < -0.3 is 14.8 Å². The third kappa shape index (κ3) is 7.31. The van der Waals surface area contributed by atoms with Crippen LogP contribution in [0.2, 0.25) is 0 Å². The van der Waals surface area contributed by atoms with Crippen LogP contribution in [0.1, 0.15) is 38.1 Å². The molecule has 0 aliphatic rings. The number of halogens is 1. The lowest BCUT2D eigenvalue weighted by atomic mass is 10.2. The van der Waals surface area contributed by atoms with Crippen LogP contribution in [-0.4, -0.2) is 45.8 Å². The Bertz CT molecular complexity index is 640. The summed E-state index contributed by atoms with van der Waals surface area (Å²) in [7, 11) is 2.10. The number of hydrogen-bond acceptors (Lipinski definition) is 3. The zero-order valence-corrected chi connectivity index (χ0v) is 18.4. The molecule has 1 aromatic carbocycles. The molecule has 0 radical (unpaired) electrons. The van der Waals surface area contributed by atoms with Crippen LogP contribution in [0.25, 0.3) is 0 Å². The molecule has 0 saturated carbocycles. The quantitative estimate of drug-likeness (QED) is 0.347. The second-order valence-electron chi connectivity index (χ2n) is 6.12.